The van der Waals surface area contributed by atoms with E-state index < -0.39 is 0 Å². The molecule has 0 saturated heterocycles. The monoisotopic (exact) mass is 306 g/mol. The summed E-state index contributed by atoms with van der Waals surface area (Å²) < 4.78 is 5.66. The highest BCUT2D eigenvalue weighted by atomic mass is 16.5. The topological polar surface area (TPSA) is 55.0 Å². The molecule has 3 aromatic rings. The minimum atomic E-state index is -0.104. The highest BCUT2D eigenvalue weighted by Gasteiger charge is 2.07. The molecule has 23 heavy (non-hydrogen) atoms. The van der Waals surface area contributed by atoms with Crippen molar-refractivity contribution in [3.05, 3.63) is 81.9 Å². The normalized spacial score (nSPS) is 10.5. The van der Waals surface area contributed by atoms with Crippen molar-refractivity contribution < 1.29 is 4.74 Å². The molecular weight excluding hydrogens is 288 g/mol. The van der Waals surface area contributed by atoms with Gasteiger partial charge in [0.1, 0.15) is 6.61 Å². The summed E-state index contributed by atoms with van der Waals surface area (Å²) in [5, 5.41) is 0. The fourth-order valence-corrected chi connectivity index (χ4v) is 2.30. The van der Waals surface area contributed by atoms with Crippen LogP contribution in [0.4, 0.5) is 0 Å². The molecule has 0 spiro atoms. The van der Waals surface area contributed by atoms with Gasteiger partial charge in [-0.25, -0.2) is 4.98 Å². The van der Waals surface area contributed by atoms with Gasteiger partial charge in [0.05, 0.1) is 0 Å². The fraction of sp³-hybridized carbons (Fsp3) is 0.158. The van der Waals surface area contributed by atoms with Gasteiger partial charge in [-0.05, 0) is 37.1 Å². The molecule has 1 aromatic carbocycles. The maximum Gasteiger partial charge on any atom is 0.256 e. The molecule has 0 bridgehead atoms. The molecule has 0 atom stereocenters. The SMILES string of the molecule is Cc1cc(-c2ccc(OCc3ccccc3)nc2)c(=O)[nH]c1C. The molecule has 0 fully saturated rings. The first-order chi connectivity index (χ1) is 11.1. The number of hydrogen-bond acceptors (Lipinski definition) is 3. The second-order valence-electron chi connectivity index (χ2n) is 5.48. The van der Waals surface area contributed by atoms with Crippen LogP contribution in [0.25, 0.3) is 11.1 Å². The summed E-state index contributed by atoms with van der Waals surface area (Å²) in [6.45, 7) is 4.33. The second kappa shape index (κ2) is 6.48. The molecule has 0 amide bonds. The highest BCUT2D eigenvalue weighted by Crippen LogP contribution is 2.19. The molecule has 4 heteroatoms. The molecule has 116 valence electrons. The molecule has 0 aliphatic heterocycles. The molecule has 1 N–H and O–H groups in total. The molecule has 2 aromatic heterocycles. The smallest absolute Gasteiger partial charge is 0.256 e. The van der Waals surface area contributed by atoms with E-state index in [0.717, 1.165) is 22.4 Å². The predicted octanol–water partition coefficient (Wildman–Crippen LogP) is 3.63. The van der Waals surface area contributed by atoms with E-state index in [-0.39, 0.29) is 5.56 Å². The quantitative estimate of drug-likeness (QED) is 0.800. The number of H-pyrrole nitrogens is 1. The third kappa shape index (κ3) is 3.48. The van der Waals surface area contributed by atoms with E-state index in [1.807, 2.05) is 56.3 Å². The van der Waals surface area contributed by atoms with Gasteiger partial charge in [-0.1, -0.05) is 30.3 Å². The maximum atomic E-state index is 12.1. The number of pyridine rings is 2. The van der Waals surface area contributed by atoms with Gasteiger partial charge in [0, 0.05) is 29.1 Å². The number of aromatic nitrogens is 2. The van der Waals surface area contributed by atoms with Crippen LogP contribution in [0.5, 0.6) is 5.88 Å². The molecule has 0 aliphatic carbocycles. The first-order valence-corrected chi connectivity index (χ1v) is 7.47. The Bertz CT molecular complexity index is 853. The van der Waals surface area contributed by atoms with Crippen molar-refractivity contribution >= 4 is 0 Å². The maximum absolute atomic E-state index is 12.1. The Morgan fingerprint density at radius 2 is 1.87 bits per heavy atom. The van der Waals surface area contributed by atoms with Crippen LogP contribution in [0.2, 0.25) is 0 Å². The average molecular weight is 306 g/mol. The van der Waals surface area contributed by atoms with Crippen molar-refractivity contribution in [2.24, 2.45) is 0 Å². The lowest BCUT2D eigenvalue weighted by Crippen LogP contribution is -2.11. The Kier molecular flexibility index (Phi) is 4.24. The van der Waals surface area contributed by atoms with E-state index in [0.29, 0.717) is 18.1 Å². The van der Waals surface area contributed by atoms with Crippen molar-refractivity contribution in [1.82, 2.24) is 9.97 Å². The predicted molar refractivity (Wildman–Crippen MR) is 90.5 cm³/mol. The Morgan fingerprint density at radius 1 is 1.09 bits per heavy atom. The van der Waals surface area contributed by atoms with E-state index in [1.165, 1.54) is 0 Å². The van der Waals surface area contributed by atoms with Crippen molar-refractivity contribution in [2.75, 3.05) is 0 Å². The number of hydrogen-bond donors (Lipinski definition) is 1. The number of benzene rings is 1. The minimum Gasteiger partial charge on any atom is -0.473 e. The Balaban J connectivity index is 1.77. The third-order valence-corrected chi connectivity index (χ3v) is 3.77. The van der Waals surface area contributed by atoms with Gasteiger partial charge >= 0.3 is 0 Å². The summed E-state index contributed by atoms with van der Waals surface area (Å²) in [5.41, 5.74) is 4.31. The third-order valence-electron chi connectivity index (χ3n) is 3.77. The van der Waals surface area contributed by atoms with E-state index in [4.69, 9.17) is 4.74 Å². The van der Waals surface area contributed by atoms with E-state index >= 15 is 0 Å². The first kappa shape index (κ1) is 15.0. The summed E-state index contributed by atoms with van der Waals surface area (Å²) in [5.74, 6) is 0.540. The Morgan fingerprint density at radius 3 is 2.57 bits per heavy atom. The van der Waals surface area contributed by atoms with Gasteiger partial charge in [0.2, 0.25) is 5.88 Å². The number of ether oxygens (including phenoxy) is 1. The molecule has 4 nitrogen and oxygen atoms in total. The van der Waals surface area contributed by atoms with Crippen molar-refractivity contribution in [3.63, 3.8) is 0 Å². The van der Waals surface area contributed by atoms with Gasteiger partial charge in [-0.15, -0.1) is 0 Å². The van der Waals surface area contributed by atoms with Crippen LogP contribution >= 0.6 is 0 Å². The van der Waals surface area contributed by atoms with Crippen LogP contribution in [-0.2, 0) is 6.61 Å². The van der Waals surface area contributed by atoms with E-state index in [2.05, 4.69) is 9.97 Å². The first-order valence-electron chi connectivity index (χ1n) is 7.47. The number of nitrogens with zero attached hydrogens (tertiary/aromatic N) is 1. The lowest BCUT2D eigenvalue weighted by atomic mass is 10.1. The Hall–Kier alpha value is -2.88. The Labute approximate surface area is 134 Å². The van der Waals surface area contributed by atoms with Gasteiger partial charge in [0.25, 0.3) is 5.56 Å². The summed E-state index contributed by atoms with van der Waals surface area (Å²) in [6, 6.07) is 15.4. The number of nitrogens with one attached hydrogen (secondary N) is 1. The molecular formula is C19H18N2O2. The molecule has 0 saturated carbocycles. The van der Waals surface area contributed by atoms with Gasteiger partial charge in [0.15, 0.2) is 0 Å². The fourth-order valence-electron chi connectivity index (χ4n) is 2.30. The highest BCUT2D eigenvalue weighted by molar-refractivity contribution is 5.62. The van der Waals surface area contributed by atoms with Crippen LogP contribution in [-0.4, -0.2) is 9.97 Å². The molecule has 0 unspecified atom stereocenters. The minimum absolute atomic E-state index is 0.104. The van der Waals surface area contributed by atoms with Gasteiger partial charge in [-0.3, -0.25) is 4.79 Å². The van der Waals surface area contributed by atoms with E-state index in [9.17, 15) is 4.79 Å². The molecule has 0 aliphatic rings. The zero-order valence-electron chi connectivity index (χ0n) is 13.2. The number of rotatable bonds is 4. The standard InChI is InChI=1S/C19H18N2O2/c1-13-10-17(19(22)21-14(13)2)16-8-9-18(20-11-16)23-12-15-6-4-3-5-7-15/h3-11H,12H2,1-2H3,(H,21,22). The van der Waals surface area contributed by atoms with E-state index in [1.54, 1.807) is 12.3 Å². The van der Waals surface area contributed by atoms with Crippen molar-refractivity contribution in [3.8, 4) is 17.0 Å². The zero-order valence-corrected chi connectivity index (χ0v) is 13.2. The van der Waals surface area contributed by atoms with Crippen LogP contribution in [0.1, 0.15) is 16.8 Å². The molecule has 3 rings (SSSR count). The molecule has 2 heterocycles. The van der Waals surface area contributed by atoms with Crippen LogP contribution in [0.3, 0.4) is 0 Å². The van der Waals surface area contributed by atoms with Gasteiger partial charge < -0.3 is 9.72 Å². The lowest BCUT2D eigenvalue weighted by molar-refractivity contribution is 0.294. The largest absolute Gasteiger partial charge is 0.473 e. The average Bonchev–Trinajstić information content (AvgIpc) is 2.58. The summed E-state index contributed by atoms with van der Waals surface area (Å²) in [4.78, 5) is 19.2. The molecule has 0 radical (unpaired) electrons. The van der Waals surface area contributed by atoms with Crippen molar-refractivity contribution in [1.29, 1.82) is 0 Å². The van der Waals surface area contributed by atoms with Crippen LogP contribution in [0, 0.1) is 13.8 Å². The van der Waals surface area contributed by atoms with Crippen LogP contribution < -0.4 is 10.3 Å². The summed E-state index contributed by atoms with van der Waals surface area (Å²) in [7, 11) is 0. The van der Waals surface area contributed by atoms with Gasteiger partial charge in [-0.2, -0.15) is 0 Å². The summed E-state index contributed by atoms with van der Waals surface area (Å²) >= 11 is 0. The van der Waals surface area contributed by atoms with Crippen LogP contribution in [0.15, 0.2) is 59.5 Å². The summed E-state index contributed by atoms with van der Waals surface area (Å²) in [6.07, 6.45) is 1.67. The van der Waals surface area contributed by atoms with Crippen molar-refractivity contribution in [2.45, 2.75) is 20.5 Å². The number of aromatic amines is 1. The second-order valence-corrected chi connectivity index (χ2v) is 5.48. The lowest BCUT2D eigenvalue weighted by Gasteiger charge is -2.07. The zero-order chi connectivity index (χ0) is 16.2. The number of aryl methyl sites for hydroxylation is 2.